The summed E-state index contributed by atoms with van der Waals surface area (Å²) in [5, 5.41) is 2.61. The van der Waals surface area contributed by atoms with Gasteiger partial charge in [0, 0.05) is 23.8 Å². The molecule has 7 heteroatoms. The first-order chi connectivity index (χ1) is 9.65. The van der Waals surface area contributed by atoms with E-state index in [0.29, 0.717) is 27.2 Å². The van der Waals surface area contributed by atoms with Crippen LogP contribution in [-0.2, 0) is 0 Å². The maximum absolute atomic E-state index is 13.3. The Morgan fingerprint density at radius 1 is 1.15 bits per heavy atom. The molecule has 0 bridgehead atoms. The fraction of sp³-hybridized carbons (Fsp3) is 0. The smallest absolute Gasteiger partial charge is 0.141 e. The normalized spacial score (nSPS) is 10.7. The predicted octanol–water partition coefficient (Wildman–Crippen LogP) is 3.75. The van der Waals surface area contributed by atoms with Gasteiger partial charge in [-0.2, -0.15) is 0 Å². The molecule has 2 N–H and O–H groups in total. The van der Waals surface area contributed by atoms with Gasteiger partial charge in [0.05, 0.1) is 15.9 Å². The van der Waals surface area contributed by atoms with Crippen LogP contribution in [0.25, 0.3) is 22.1 Å². The second-order valence-corrected chi connectivity index (χ2v) is 5.64. The standard InChI is InChI=1S/C13H8BrFN4S/c14-11-8(16)6-10(13-18-3-4-20-13)19-12(11)9-5-7(15)1-2-17-9/h1-6H,(H2,16,19). The van der Waals surface area contributed by atoms with Crippen LogP contribution in [0.2, 0.25) is 0 Å². The molecule has 0 unspecified atom stereocenters. The number of nitrogen functional groups attached to an aromatic ring is 1. The highest BCUT2D eigenvalue weighted by Crippen LogP contribution is 2.34. The molecule has 0 atom stereocenters. The minimum atomic E-state index is -0.373. The van der Waals surface area contributed by atoms with Gasteiger partial charge in [0.2, 0.25) is 0 Å². The topological polar surface area (TPSA) is 64.7 Å². The first-order valence-electron chi connectivity index (χ1n) is 5.63. The van der Waals surface area contributed by atoms with Gasteiger partial charge in [-0.15, -0.1) is 11.3 Å². The molecule has 0 aliphatic carbocycles. The van der Waals surface area contributed by atoms with Crippen LogP contribution in [0.3, 0.4) is 0 Å². The van der Waals surface area contributed by atoms with E-state index in [1.807, 2.05) is 5.38 Å². The average Bonchev–Trinajstić information content (AvgIpc) is 2.95. The zero-order valence-corrected chi connectivity index (χ0v) is 12.4. The Bertz CT molecular complexity index is 761. The fourth-order valence-corrected chi connectivity index (χ4v) is 2.72. The zero-order valence-electron chi connectivity index (χ0n) is 10.0. The Morgan fingerprint density at radius 2 is 2.00 bits per heavy atom. The number of thiazole rings is 1. The second kappa shape index (κ2) is 5.26. The van der Waals surface area contributed by atoms with Gasteiger partial charge in [-0.3, -0.25) is 4.98 Å². The van der Waals surface area contributed by atoms with Crippen LogP contribution in [0.5, 0.6) is 0 Å². The summed E-state index contributed by atoms with van der Waals surface area (Å²) < 4.78 is 13.9. The van der Waals surface area contributed by atoms with Gasteiger partial charge in [0.25, 0.3) is 0 Å². The highest BCUT2D eigenvalue weighted by atomic mass is 79.9. The molecular weight excluding hydrogens is 343 g/mol. The molecule has 0 spiro atoms. The summed E-state index contributed by atoms with van der Waals surface area (Å²) in [4.78, 5) is 12.8. The Kier molecular flexibility index (Phi) is 3.45. The lowest BCUT2D eigenvalue weighted by atomic mass is 10.2. The summed E-state index contributed by atoms with van der Waals surface area (Å²) in [6.07, 6.45) is 3.09. The van der Waals surface area contributed by atoms with Crippen LogP contribution in [0.4, 0.5) is 10.1 Å². The molecule has 0 aliphatic heterocycles. The number of halogens is 2. The van der Waals surface area contributed by atoms with Crippen molar-refractivity contribution in [2.24, 2.45) is 0 Å². The zero-order chi connectivity index (χ0) is 14.1. The van der Waals surface area contributed by atoms with E-state index in [9.17, 15) is 4.39 Å². The quantitative estimate of drug-likeness (QED) is 0.764. The highest BCUT2D eigenvalue weighted by molar-refractivity contribution is 9.10. The predicted molar refractivity (Wildman–Crippen MR) is 80.6 cm³/mol. The Balaban J connectivity index is 2.20. The first kappa shape index (κ1) is 13.1. The number of anilines is 1. The first-order valence-corrected chi connectivity index (χ1v) is 7.30. The van der Waals surface area contributed by atoms with Gasteiger partial charge in [0.1, 0.15) is 22.2 Å². The van der Waals surface area contributed by atoms with Crippen molar-refractivity contribution in [2.75, 3.05) is 5.73 Å². The van der Waals surface area contributed by atoms with Crippen LogP contribution in [0.15, 0.2) is 40.4 Å². The van der Waals surface area contributed by atoms with Crippen molar-refractivity contribution < 1.29 is 4.39 Å². The van der Waals surface area contributed by atoms with Crippen LogP contribution < -0.4 is 5.73 Å². The molecule has 100 valence electrons. The molecule has 0 aliphatic rings. The van der Waals surface area contributed by atoms with Crippen molar-refractivity contribution in [1.29, 1.82) is 0 Å². The Labute approximate surface area is 126 Å². The largest absolute Gasteiger partial charge is 0.398 e. The van der Waals surface area contributed by atoms with E-state index < -0.39 is 0 Å². The second-order valence-electron chi connectivity index (χ2n) is 3.96. The van der Waals surface area contributed by atoms with Crippen LogP contribution in [0.1, 0.15) is 0 Å². The van der Waals surface area contributed by atoms with E-state index in [4.69, 9.17) is 5.73 Å². The molecule has 20 heavy (non-hydrogen) atoms. The van der Waals surface area contributed by atoms with Crippen molar-refractivity contribution in [3.05, 3.63) is 46.3 Å². The van der Waals surface area contributed by atoms with Gasteiger partial charge >= 0.3 is 0 Å². The molecule has 3 aromatic rings. The summed E-state index contributed by atoms with van der Waals surface area (Å²) in [5.74, 6) is -0.373. The van der Waals surface area contributed by atoms with Crippen LogP contribution in [0, 0.1) is 5.82 Å². The SMILES string of the molecule is Nc1cc(-c2nccs2)nc(-c2cc(F)ccn2)c1Br. The lowest BCUT2D eigenvalue weighted by Gasteiger charge is -2.08. The minimum Gasteiger partial charge on any atom is -0.398 e. The average molecular weight is 351 g/mol. The van der Waals surface area contributed by atoms with Gasteiger partial charge in [-0.1, -0.05) is 0 Å². The van der Waals surface area contributed by atoms with Crippen molar-refractivity contribution in [3.63, 3.8) is 0 Å². The molecular formula is C13H8BrFN4S. The summed E-state index contributed by atoms with van der Waals surface area (Å²) in [6.45, 7) is 0. The maximum Gasteiger partial charge on any atom is 0.141 e. The van der Waals surface area contributed by atoms with Gasteiger partial charge in [-0.05, 0) is 28.1 Å². The van der Waals surface area contributed by atoms with Crippen molar-refractivity contribution in [2.45, 2.75) is 0 Å². The van der Waals surface area contributed by atoms with Crippen molar-refractivity contribution in [3.8, 4) is 22.1 Å². The van der Waals surface area contributed by atoms with Crippen LogP contribution >= 0.6 is 27.3 Å². The summed E-state index contributed by atoms with van der Waals surface area (Å²) in [5.41, 5.74) is 8.03. The number of rotatable bonds is 2. The molecule has 0 saturated heterocycles. The van der Waals surface area contributed by atoms with E-state index in [-0.39, 0.29) is 5.82 Å². The van der Waals surface area contributed by atoms with E-state index >= 15 is 0 Å². The van der Waals surface area contributed by atoms with E-state index in [1.165, 1.54) is 29.7 Å². The molecule has 0 radical (unpaired) electrons. The number of pyridine rings is 2. The molecule has 3 aromatic heterocycles. The third kappa shape index (κ3) is 2.41. The van der Waals surface area contributed by atoms with Gasteiger partial charge in [-0.25, -0.2) is 14.4 Å². The van der Waals surface area contributed by atoms with Gasteiger partial charge in [0.15, 0.2) is 0 Å². The Morgan fingerprint density at radius 3 is 2.70 bits per heavy atom. The number of nitrogens with two attached hydrogens (primary N) is 1. The van der Waals surface area contributed by atoms with Crippen molar-refractivity contribution >= 4 is 33.0 Å². The highest BCUT2D eigenvalue weighted by Gasteiger charge is 2.14. The summed E-state index contributed by atoms with van der Waals surface area (Å²) in [6, 6.07) is 4.33. The molecule has 0 aromatic carbocycles. The molecule has 3 heterocycles. The molecule has 3 rings (SSSR count). The molecule has 0 fully saturated rings. The lowest BCUT2D eigenvalue weighted by Crippen LogP contribution is -1.97. The van der Waals surface area contributed by atoms with Crippen LogP contribution in [-0.4, -0.2) is 15.0 Å². The Hall–Kier alpha value is -1.86. The number of hydrogen-bond acceptors (Lipinski definition) is 5. The van der Waals surface area contributed by atoms with Crippen molar-refractivity contribution in [1.82, 2.24) is 15.0 Å². The number of hydrogen-bond donors (Lipinski definition) is 1. The number of aromatic nitrogens is 3. The number of nitrogens with zero attached hydrogens (tertiary/aromatic N) is 3. The molecule has 4 nitrogen and oxygen atoms in total. The monoisotopic (exact) mass is 350 g/mol. The van der Waals surface area contributed by atoms with E-state index in [1.54, 1.807) is 12.3 Å². The summed E-state index contributed by atoms with van der Waals surface area (Å²) >= 11 is 4.83. The lowest BCUT2D eigenvalue weighted by molar-refractivity contribution is 0.626. The van der Waals surface area contributed by atoms with Gasteiger partial charge < -0.3 is 5.73 Å². The molecule has 0 amide bonds. The maximum atomic E-state index is 13.3. The summed E-state index contributed by atoms with van der Waals surface area (Å²) in [7, 11) is 0. The minimum absolute atomic E-state index is 0.373. The fourth-order valence-electron chi connectivity index (χ4n) is 1.71. The van der Waals surface area contributed by atoms with E-state index in [2.05, 4.69) is 30.9 Å². The molecule has 0 saturated carbocycles. The van der Waals surface area contributed by atoms with E-state index in [0.717, 1.165) is 5.01 Å². The third-order valence-corrected chi connectivity index (χ3v) is 4.23. The third-order valence-electron chi connectivity index (χ3n) is 2.60.